The predicted molar refractivity (Wildman–Crippen MR) is 84.5 cm³/mol. The van der Waals surface area contributed by atoms with E-state index in [-0.39, 0.29) is 12.5 Å². The molecule has 0 atom stereocenters. The number of rotatable bonds is 6. The molecule has 0 bridgehead atoms. The molecule has 0 unspecified atom stereocenters. The van der Waals surface area contributed by atoms with Gasteiger partial charge in [-0.1, -0.05) is 25.0 Å². The molecule has 1 aliphatic carbocycles. The fraction of sp³-hybridized carbons (Fsp3) is 0.500. The molecular weight excluding hydrogens is 286 g/mol. The Morgan fingerprint density at radius 2 is 2.05 bits per heavy atom. The zero-order valence-electron chi connectivity index (χ0n) is 12.2. The molecule has 0 radical (unpaired) electrons. The molecule has 0 saturated heterocycles. The number of carbonyl (C=O) groups excluding carboxylic acids is 1. The van der Waals surface area contributed by atoms with Gasteiger partial charge in [0.1, 0.15) is 0 Å². The van der Waals surface area contributed by atoms with Gasteiger partial charge in [0.25, 0.3) is 5.91 Å². The van der Waals surface area contributed by atoms with Crippen LogP contribution in [0.1, 0.15) is 41.6 Å². The second-order valence-corrected chi connectivity index (χ2v) is 6.47. The van der Waals surface area contributed by atoms with Gasteiger partial charge < -0.3 is 10.4 Å². The lowest BCUT2D eigenvalue weighted by atomic mass is 9.86. The Labute approximate surface area is 129 Å². The van der Waals surface area contributed by atoms with Crippen molar-refractivity contribution in [1.82, 2.24) is 5.32 Å². The molecule has 1 fully saturated rings. The molecule has 0 spiro atoms. The van der Waals surface area contributed by atoms with Crippen molar-refractivity contribution in [2.45, 2.75) is 31.4 Å². The van der Waals surface area contributed by atoms with Crippen LogP contribution >= 0.6 is 11.8 Å². The number of hydrogen-bond acceptors (Lipinski definition) is 3. The number of hydrogen-bond donors (Lipinski definition) is 2. The van der Waals surface area contributed by atoms with Crippen LogP contribution in [0.2, 0.25) is 0 Å². The fourth-order valence-corrected chi connectivity index (χ4v) is 3.35. The van der Waals surface area contributed by atoms with Gasteiger partial charge in [-0.25, -0.2) is 0 Å². The summed E-state index contributed by atoms with van der Waals surface area (Å²) >= 11 is 1.70. The number of benzene rings is 1. The molecule has 4 nitrogen and oxygen atoms in total. The SMILES string of the molecule is CSCc1cccc(C(=O)NCC2(C(=O)O)CCCC2)c1. The van der Waals surface area contributed by atoms with Gasteiger partial charge in [0.05, 0.1) is 5.41 Å². The average molecular weight is 307 g/mol. The van der Waals surface area contributed by atoms with Gasteiger partial charge >= 0.3 is 5.97 Å². The Morgan fingerprint density at radius 3 is 2.67 bits per heavy atom. The van der Waals surface area contributed by atoms with Crippen LogP contribution in [0.3, 0.4) is 0 Å². The number of carboxylic acids is 1. The maximum atomic E-state index is 12.2. The van der Waals surface area contributed by atoms with E-state index >= 15 is 0 Å². The summed E-state index contributed by atoms with van der Waals surface area (Å²) in [5, 5.41) is 12.2. The molecule has 1 saturated carbocycles. The molecule has 1 aromatic rings. The quantitative estimate of drug-likeness (QED) is 0.848. The van der Waals surface area contributed by atoms with Crippen molar-refractivity contribution in [1.29, 1.82) is 0 Å². The Kier molecular flexibility index (Phi) is 5.28. The third kappa shape index (κ3) is 3.79. The van der Waals surface area contributed by atoms with Crippen LogP contribution in [0.4, 0.5) is 0 Å². The lowest BCUT2D eigenvalue weighted by Crippen LogP contribution is -2.41. The summed E-state index contributed by atoms with van der Waals surface area (Å²) in [7, 11) is 0. The lowest BCUT2D eigenvalue weighted by Gasteiger charge is -2.24. The van der Waals surface area contributed by atoms with Gasteiger partial charge in [-0.2, -0.15) is 11.8 Å². The largest absolute Gasteiger partial charge is 0.481 e. The van der Waals surface area contributed by atoms with E-state index in [1.807, 2.05) is 24.5 Å². The third-order valence-electron chi connectivity index (χ3n) is 4.10. The van der Waals surface area contributed by atoms with Crippen molar-refractivity contribution in [2.75, 3.05) is 12.8 Å². The first-order valence-electron chi connectivity index (χ1n) is 7.17. The first kappa shape index (κ1) is 15.9. The minimum atomic E-state index is -0.795. The summed E-state index contributed by atoms with van der Waals surface area (Å²) in [4.78, 5) is 23.7. The lowest BCUT2D eigenvalue weighted by molar-refractivity contribution is -0.148. The molecule has 2 N–H and O–H groups in total. The molecule has 1 aromatic carbocycles. The monoisotopic (exact) mass is 307 g/mol. The van der Waals surface area contributed by atoms with Crippen LogP contribution in [0.5, 0.6) is 0 Å². The zero-order valence-corrected chi connectivity index (χ0v) is 13.0. The Hall–Kier alpha value is -1.49. The third-order valence-corrected chi connectivity index (χ3v) is 4.72. The van der Waals surface area contributed by atoms with Crippen LogP contribution in [0, 0.1) is 5.41 Å². The van der Waals surface area contributed by atoms with Crippen molar-refractivity contribution in [3.8, 4) is 0 Å². The summed E-state index contributed by atoms with van der Waals surface area (Å²) < 4.78 is 0. The Bertz CT molecular complexity index is 524. The molecule has 0 aliphatic heterocycles. The smallest absolute Gasteiger partial charge is 0.311 e. The Morgan fingerprint density at radius 1 is 1.33 bits per heavy atom. The second kappa shape index (κ2) is 6.98. The van der Waals surface area contributed by atoms with Gasteiger partial charge in [-0.3, -0.25) is 9.59 Å². The minimum absolute atomic E-state index is 0.189. The molecule has 5 heteroatoms. The fourth-order valence-electron chi connectivity index (χ4n) is 2.84. The summed E-state index contributed by atoms with van der Waals surface area (Å²) in [6.07, 6.45) is 5.16. The molecular formula is C16H21NO3S. The topological polar surface area (TPSA) is 66.4 Å². The number of carbonyl (C=O) groups is 2. The molecule has 21 heavy (non-hydrogen) atoms. The van der Waals surface area contributed by atoms with Crippen molar-refractivity contribution in [3.05, 3.63) is 35.4 Å². The van der Waals surface area contributed by atoms with Gasteiger partial charge in [-0.05, 0) is 36.8 Å². The first-order chi connectivity index (χ1) is 10.1. The van der Waals surface area contributed by atoms with E-state index in [2.05, 4.69) is 5.32 Å². The molecule has 0 heterocycles. The number of carboxylic acid groups (broad SMARTS) is 1. The van der Waals surface area contributed by atoms with Crippen LogP contribution in [0.15, 0.2) is 24.3 Å². The number of thioether (sulfide) groups is 1. The minimum Gasteiger partial charge on any atom is -0.481 e. The molecule has 0 aromatic heterocycles. The normalized spacial score (nSPS) is 16.6. The summed E-state index contributed by atoms with van der Waals surface area (Å²) in [6.45, 7) is 0.216. The van der Waals surface area contributed by atoms with Crippen LogP contribution in [0.25, 0.3) is 0 Å². The molecule has 114 valence electrons. The van der Waals surface area contributed by atoms with E-state index < -0.39 is 11.4 Å². The zero-order chi connectivity index (χ0) is 15.3. The Balaban J connectivity index is 2.01. The highest BCUT2D eigenvalue weighted by molar-refractivity contribution is 7.97. The molecule has 2 rings (SSSR count). The van der Waals surface area contributed by atoms with Gasteiger partial charge in [-0.15, -0.1) is 0 Å². The van der Waals surface area contributed by atoms with E-state index in [0.29, 0.717) is 18.4 Å². The number of aliphatic carboxylic acids is 1. The summed E-state index contributed by atoms with van der Waals surface area (Å²) in [5.74, 6) is -0.123. The highest BCUT2D eigenvalue weighted by atomic mass is 32.2. The number of amides is 1. The van der Waals surface area contributed by atoms with Crippen molar-refractivity contribution in [3.63, 3.8) is 0 Å². The van der Waals surface area contributed by atoms with Gasteiger partial charge in [0, 0.05) is 17.9 Å². The van der Waals surface area contributed by atoms with E-state index in [1.54, 1.807) is 17.8 Å². The standard InChI is InChI=1S/C16H21NO3S/c1-21-10-12-5-4-6-13(9-12)14(18)17-11-16(15(19)20)7-2-3-8-16/h4-6,9H,2-3,7-8,10-11H2,1H3,(H,17,18)(H,19,20). The van der Waals surface area contributed by atoms with E-state index in [0.717, 1.165) is 24.2 Å². The van der Waals surface area contributed by atoms with Crippen molar-refractivity contribution >= 4 is 23.6 Å². The summed E-state index contributed by atoms with van der Waals surface area (Å²) in [6, 6.07) is 7.49. The van der Waals surface area contributed by atoms with Crippen LogP contribution in [-0.2, 0) is 10.5 Å². The molecule has 1 amide bonds. The highest BCUT2D eigenvalue weighted by Gasteiger charge is 2.41. The van der Waals surface area contributed by atoms with Crippen molar-refractivity contribution in [2.24, 2.45) is 5.41 Å². The highest BCUT2D eigenvalue weighted by Crippen LogP contribution is 2.37. The van der Waals surface area contributed by atoms with Crippen molar-refractivity contribution < 1.29 is 14.7 Å². The van der Waals surface area contributed by atoms with E-state index in [4.69, 9.17) is 0 Å². The van der Waals surface area contributed by atoms with E-state index in [1.165, 1.54) is 0 Å². The van der Waals surface area contributed by atoms with Gasteiger partial charge in [0.15, 0.2) is 0 Å². The maximum Gasteiger partial charge on any atom is 0.311 e. The first-order valence-corrected chi connectivity index (χ1v) is 8.56. The average Bonchev–Trinajstić information content (AvgIpc) is 2.96. The van der Waals surface area contributed by atoms with Crippen LogP contribution in [-0.4, -0.2) is 29.8 Å². The second-order valence-electron chi connectivity index (χ2n) is 5.61. The van der Waals surface area contributed by atoms with Gasteiger partial charge in [0.2, 0.25) is 0 Å². The van der Waals surface area contributed by atoms with E-state index in [9.17, 15) is 14.7 Å². The predicted octanol–water partition coefficient (Wildman–Crippen LogP) is 2.92. The maximum absolute atomic E-state index is 12.2. The summed E-state index contributed by atoms with van der Waals surface area (Å²) in [5.41, 5.74) is 0.927. The number of nitrogens with one attached hydrogen (secondary N) is 1. The van der Waals surface area contributed by atoms with Crippen LogP contribution < -0.4 is 5.32 Å². The molecule has 1 aliphatic rings.